The van der Waals surface area contributed by atoms with Crippen molar-refractivity contribution in [2.24, 2.45) is 0 Å². The van der Waals surface area contributed by atoms with E-state index in [1.807, 2.05) is 0 Å². The summed E-state index contributed by atoms with van der Waals surface area (Å²) >= 11 is 0. The van der Waals surface area contributed by atoms with Gasteiger partial charge in [-0.25, -0.2) is 13.2 Å². The lowest BCUT2D eigenvalue weighted by Gasteiger charge is -2.19. The van der Waals surface area contributed by atoms with E-state index >= 15 is 0 Å². The van der Waals surface area contributed by atoms with Crippen molar-refractivity contribution in [1.82, 2.24) is 5.32 Å². The van der Waals surface area contributed by atoms with Crippen molar-refractivity contribution in [2.45, 2.75) is 32.9 Å². The predicted molar refractivity (Wildman–Crippen MR) is 63.9 cm³/mol. The van der Waals surface area contributed by atoms with Gasteiger partial charge < -0.3 is 10.1 Å². The fourth-order valence-electron chi connectivity index (χ4n) is 1.40. The van der Waals surface area contributed by atoms with Gasteiger partial charge in [0.2, 0.25) is 0 Å². The van der Waals surface area contributed by atoms with Crippen molar-refractivity contribution in [3.05, 3.63) is 35.1 Å². The highest BCUT2D eigenvalue weighted by molar-refractivity contribution is 5.72. The average molecular weight is 275 g/mol. The zero-order valence-corrected chi connectivity index (χ0v) is 11.0. The summed E-state index contributed by atoms with van der Waals surface area (Å²) in [5, 5.41) is 2.67. The van der Waals surface area contributed by atoms with E-state index in [1.54, 1.807) is 20.8 Å². The molecule has 0 aliphatic carbocycles. The van der Waals surface area contributed by atoms with E-state index in [0.29, 0.717) is 0 Å². The second kappa shape index (κ2) is 6.06. The molecule has 1 aromatic carbocycles. The van der Waals surface area contributed by atoms with Crippen molar-refractivity contribution in [2.75, 3.05) is 6.54 Å². The van der Waals surface area contributed by atoms with Crippen molar-refractivity contribution in [3.8, 4) is 0 Å². The smallest absolute Gasteiger partial charge is 0.320 e. The van der Waals surface area contributed by atoms with Gasteiger partial charge in [0.05, 0.1) is 6.54 Å². The number of rotatable bonds is 4. The predicted octanol–water partition coefficient (Wildman–Crippen LogP) is 2.54. The molecule has 106 valence electrons. The minimum Gasteiger partial charge on any atom is -0.459 e. The number of nitrogens with one attached hydrogen (secondary N) is 1. The minimum absolute atomic E-state index is 0.0351. The minimum atomic E-state index is -1.50. The molecule has 0 spiro atoms. The Kier molecular flexibility index (Phi) is 4.94. The Hall–Kier alpha value is -1.56. The number of halogens is 3. The Balaban J connectivity index is 2.48. The molecule has 0 amide bonds. The Labute approximate surface area is 109 Å². The van der Waals surface area contributed by atoms with Crippen LogP contribution in [0.3, 0.4) is 0 Å². The van der Waals surface area contributed by atoms with Gasteiger partial charge in [-0.1, -0.05) is 0 Å². The summed E-state index contributed by atoms with van der Waals surface area (Å²) in [6.45, 7) is 5.13. The van der Waals surface area contributed by atoms with E-state index in [1.165, 1.54) is 0 Å². The summed E-state index contributed by atoms with van der Waals surface area (Å²) in [4.78, 5) is 11.3. The van der Waals surface area contributed by atoms with Gasteiger partial charge in [-0.2, -0.15) is 0 Å². The Morgan fingerprint density at radius 2 is 1.74 bits per heavy atom. The number of esters is 1. The molecular formula is C13H16F3NO2. The first kappa shape index (κ1) is 15.5. The van der Waals surface area contributed by atoms with Crippen molar-refractivity contribution < 1.29 is 22.7 Å². The number of carbonyl (C=O) groups excluding carboxylic acids is 1. The third-order valence-corrected chi connectivity index (χ3v) is 2.06. The quantitative estimate of drug-likeness (QED) is 0.678. The molecule has 0 atom stereocenters. The van der Waals surface area contributed by atoms with Crippen LogP contribution in [0.25, 0.3) is 0 Å². The first-order valence-corrected chi connectivity index (χ1v) is 5.75. The van der Waals surface area contributed by atoms with Crippen LogP contribution in [0.5, 0.6) is 0 Å². The topological polar surface area (TPSA) is 38.3 Å². The number of hydrogen-bond donors (Lipinski definition) is 1. The molecule has 0 bridgehead atoms. The third-order valence-electron chi connectivity index (χ3n) is 2.06. The molecule has 1 rings (SSSR count). The molecule has 0 radical (unpaired) electrons. The van der Waals surface area contributed by atoms with E-state index in [-0.39, 0.29) is 18.7 Å². The maximum Gasteiger partial charge on any atom is 0.320 e. The van der Waals surface area contributed by atoms with Gasteiger partial charge in [-0.3, -0.25) is 4.79 Å². The highest BCUT2D eigenvalue weighted by Gasteiger charge is 2.16. The Bertz CT molecular complexity index is 446. The molecule has 1 N–H and O–H groups in total. The summed E-state index contributed by atoms with van der Waals surface area (Å²) in [6, 6.07) is 1.75. The number of benzene rings is 1. The molecule has 1 aromatic rings. The summed E-state index contributed by atoms with van der Waals surface area (Å²) < 4.78 is 43.6. The molecule has 6 heteroatoms. The van der Waals surface area contributed by atoms with Crippen LogP contribution in [-0.4, -0.2) is 18.1 Å². The van der Waals surface area contributed by atoms with E-state index in [9.17, 15) is 18.0 Å². The first-order chi connectivity index (χ1) is 8.69. The molecule has 0 aliphatic rings. The van der Waals surface area contributed by atoms with Gasteiger partial charge in [0.15, 0.2) is 17.5 Å². The molecule has 19 heavy (non-hydrogen) atoms. The fourth-order valence-corrected chi connectivity index (χ4v) is 1.40. The Morgan fingerprint density at radius 3 is 2.21 bits per heavy atom. The summed E-state index contributed by atoms with van der Waals surface area (Å²) in [5.74, 6) is -4.49. The number of ether oxygens (including phenoxy) is 1. The van der Waals surface area contributed by atoms with Crippen molar-refractivity contribution in [1.29, 1.82) is 0 Å². The second-order valence-electron chi connectivity index (χ2n) is 5.06. The molecule has 0 aromatic heterocycles. The monoisotopic (exact) mass is 275 g/mol. The van der Waals surface area contributed by atoms with Gasteiger partial charge in [-0.05, 0) is 38.5 Å². The SMILES string of the molecule is CC(C)(C)OC(=O)CNCc1cc(F)c(F)c(F)c1. The summed E-state index contributed by atoms with van der Waals surface area (Å²) in [6.07, 6.45) is 0. The van der Waals surface area contributed by atoms with Gasteiger partial charge in [0, 0.05) is 6.54 Å². The Morgan fingerprint density at radius 1 is 1.21 bits per heavy atom. The van der Waals surface area contributed by atoms with Crippen LogP contribution in [0.15, 0.2) is 12.1 Å². The molecule has 3 nitrogen and oxygen atoms in total. The van der Waals surface area contributed by atoms with Crippen LogP contribution in [0, 0.1) is 17.5 Å². The largest absolute Gasteiger partial charge is 0.459 e. The van der Waals surface area contributed by atoms with Crippen LogP contribution in [0.1, 0.15) is 26.3 Å². The average Bonchev–Trinajstić information content (AvgIpc) is 2.23. The lowest BCUT2D eigenvalue weighted by molar-refractivity contribution is -0.153. The number of hydrogen-bond acceptors (Lipinski definition) is 3. The molecule has 0 saturated heterocycles. The lowest BCUT2D eigenvalue weighted by Crippen LogP contribution is -2.31. The van der Waals surface area contributed by atoms with Crippen LogP contribution in [-0.2, 0) is 16.1 Å². The molecule has 0 fully saturated rings. The lowest BCUT2D eigenvalue weighted by atomic mass is 10.2. The normalized spacial score (nSPS) is 11.5. The van der Waals surface area contributed by atoms with Gasteiger partial charge in [0.25, 0.3) is 0 Å². The van der Waals surface area contributed by atoms with E-state index in [0.717, 1.165) is 12.1 Å². The van der Waals surface area contributed by atoms with Gasteiger partial charge >= 0.3 is 5.97 Å². The van der Waals surface area contributed by atoms with Crippen LogP contribution < -0.4 is 5.32 Å². The van der Waals surface area contributed by atoms with Crippen LogP contribution in [0.4, 0.5) is 13.2 Å². The maximum absolute atomic E-state index is 12.9. The van der Waals surface area contributed by atoms with Gasteiger partial charge in [-0.15, -0.1) is 0 Å². The van der Waals surface area contributed by atoms with Crippen LogP contribution >= 0.6 is 0 Å². The molecular weight excluding hydrogens is 259 g/mol. The third kappa shape index (κ3) is 5.30. The standard InChI is InChI=1S/C13H16F3NO2/c1-13(2,3)19-11(18)7-17-6-8-4-9(14)12(16)10(15)5-8/h4-5,17H,6-7H2,1-3H3. The zero-order chi connectivity index (χ0) is 14.6. The molecule has 0 unspecified atom stereocenters. The van der Waals surface area contributed by atoms with Crippen molar-refractivity contribution >= 4 is 5.97 Å². The first-order valence-electron chi connectivity index (χ1n) is 5.75. The van der Waals surface area contributed by atoms with E-state index in [2.05, 4.69) is 5.32 Å². The maximum atomic E-state index is 12.9. The zero-order valence-electron chi connectivity index (χ0n) is 11.0. The highest BCUT2D eigenvalue weighted by atomic mass is 19.2. The van der Waals surface area contributed by atoms with E-state index < -0.39 is 29.0 Å². The summed E-state index contributed by atoms with van der Waals surface area (Å²) in [7, 11) is 0. The van der Waals surface area contributed by atoms with Crippen molar-refractivity contribution in [3.63, 3.8) is 0 Å². The molecule has 0 saturated carbocycles. The molecule has 0 aliphatic heterocycles. The second-order valence-corrected chi connectivity index (χ2v) is 5.06. The fraction of sp³-hybridized carbons (Fsp3) is 0.462. The van der Waals surface area contributed by atoms with E-state index in [4.69, 9.17) is 4.74 Å². The van der Waals surface area contributed by atoms with Crippen LogP contribution in [0.2, 0.25) is 0 Å². The number of carbonyl (C=O) groups is 1. The summed E-state index contributed by atoms with van der Waals surface area (Å²) in [5.41, 5.74) is -0.382. The highest BCUT2D eigenvalue weighted by Crippen LogP contribution is 2.13. The molecule has 0 heterocycles. The van der Waals surface area contributed by atoms with Gasteiger partial charge in [0.1, 0.15) is 5.60 Å².